The van der Waals surface area contributed by atoms with Gasteiger partial charge in [0.15, 0.2) is 0 Å². The SMILES string of the molecule is CNC(c1ccc(F)cc1)c1ccc(Br)c(Cl)c1F. The number of halogens is 4. The van der Waals surface area contributed by atoms with Gasteiger partial charge < -0.3 is 5.32 Å². The average molecular weight is 347 g/mol. The molecular formula is C14H11BrClF2N. The summed E-state index contributed by atoms with van der Waals surface area (Å²) in [4.78, 5) is 0. The Morgan fingerprint density at radius 3 is 2.32 bits per heavy atom. The first kappa shape index (κ1) is 14.4. The standard InChI is InChI=1S/C14H11BrClF2N/c1-19-14(8-2-4-9(17)5-3-8)10-6-7-11(15)12(16)13(10)18/h2-7,14,19H,1H3. The van der Waals surface area contributed by atoms with E-state index in [-0.39, 0.29) is 16.9 Å². The zero-order valence-electron chi connectivity index (χ0n) is 10.1. The van der Waals surface area contributed by atoms with Gasteiger partial charge in [0.1, 0.15) is 11.6 Å². The van der Waals surface area contributed by atoms with Gasteiger partial charge in [-0.2, -0.15) is 0 Å². The molecule has 100 valence electrons. The molecule has 0 aliphatic rings. The summed E-state index contributed by atoms with van der Waals surface area (Å²) >= 11 is 9.06. The maximum absolute atomic E-state index is 14.2. The molecule has 0 radical (unpaired) electrons. The minimum absolute atomic E-state index is 0.0415. The highest BCUT2D eigenvalue weighted by Crippen LogP contribution is 2.32. The van der Waals surface area contributed by atoms with Crippen molar-refractivity contribution in [3.05, 3.63) is 68.7 Å². The van der Waals surface area contributed by atoms with Crippen LogP contribution >= 0.6 is 27.5 Å². The molecule has 2 aromatic carbocycles. The molecular weight excluding hydrogens is 336 g/mol. The lowest BCUT2D eigenvalue weighted by Gasteiger charge is -2.18. The van der Waals surface area contributed by atoms with Gasteiger partial charge in [-0.1, -0.05) is 29.8 Å². The second-order valence-corrected chi connectivity index (χ2v) is 5.27. The third kappa shape index (κ3) is 2.96. The highest BCUT2D eigenvalue weighted by molar-refractivity contribution is 9.10. The molecule has 0 aliphatic heterocycles. The predicted octanol–water partition coefficient (Wildman–Crippen LogP) is 4.69. The van der Waals surface area contributed by atoms with Crippen LogP contribution in [0.1, 0.15) is 17.2 Å². The Morgan fingerprint density at radius 1 is 1.11 bits per heavy atom. The number of hydrogen-bond acceptors (Lipinski definition) is 1. The first-order chi connectivity index (χ1) is 9.04. The molecule has 1 N–H and O–H groups in total. The molecule has 0 saturated heterocycles. The van der Waals surface area contributed by atoms with Crippen molar-refractivity contribution in [2.24, 2.45) is 0 Å². The van der Waals surface area contributed by atoms with Crippen molar-refractivity contribution in [3.63, 3.8) is 0 Å². The minimum Gasteiger partial charge on any atom is -0.309 e. The molecule has 0 amide bonds. The molecule has 5 heteroatoms. The lowest BCUT2D eigenvalue weighted by Crippen LogP contribution is -2.19. The van der Waals surface area contributed by atoms with E-state index in [2.05, 4.69) is 21.2 Å². The molecule has 0 heterocycles. The van der Waals surface area contributed by atoms with Gasteiger partial charge in [-0.05, 0) is 46.7 Å². The molecule has 1 unspecified atom stereocenters. The fraction of sp³-hybridized carbons (Fsp3) is 0.143. The number of hydrogen-bond donors (Lipinski definition) is 1. The fourth-order valence-corrected chi connectivity index (χ4v) is 2.40. The minimum atomic E-state index is -0.486. The van der Waals surface area contributed by atoms with E-state index in [4.69, 9.17) is 11.6 Å². The molecule has 19 heavy (non-hydrogen) atoms. The van der Waals surface area contributed by atoms with Gasteiger partial charge in [-0.3, -0.25) is 0 Å². The van der Waals surface area contributed by atoms with Gasteiger partial charge in [-0.25, -0.2) is 8.78 Å². The second-order valence-electron chi connectivity index (χ2n) is 4.04. The van der Waals surface area contributed by atoms with Gasteiger partial charge in [0.25, 0.3) is 0 Å². The summed E-state index contributed by atoms with van der Waals surface area (Å²) < 4.78 is 27.6. The molecule has 0 aliphatic carbocycles. The Kier molecular flexibility index (Phi) is 4.55. The summed E-state index contributed by atoms with van der Waals surface area (Å²) in [6.07, 6.45) is 0. The quantitative estimate of drug-likeness (QED) is 0.795. The van der Waals surface area contributed by atoms with Crippen molar-refractivity contribution >= 4 is 27.5 Å². The molecule has 1 nitrogen and oxygen atoms in total. The van der Waals surface area contributed by atoms with E-state index in [1.807, 2.05) is 0 Å². The maximum atomic E-state index is 14.2. The van der Waals surface area contributed by atoms with Crippen LogP contribution in [0.2, 0.25) is 5.02 Å². The van der Waals surface area contributed by atoms with E-state index in [1.54, 1.807) is 31.3 Å². The molecule has 0 spiro atoms. The Labute approximate surface area is 123 Å². The Morgan fingerprint density at radius 2 is 1.74 bits per heavy atom. The van der Waals surface area contributed by atoms with E-state index in [9.17, 15) is 8.78 Å². The fourth-order valence-electron chi connectivity index (χ4n) is 1.92. The van der Waals surface area contributed by atoms with E-state index >= 15 is 0 Å². The van der Waals surface area contributed by atoms with Crippen molar-refractivity contribution in [1.82, 2.24) is 5.32 Å². The lowest BCUT2D eigenvalue weighted by molar-refractivity contribution is 0.574. The lowest BCUT2D eigenvalue weighted by atomic mass is 9.98. The van der Waals surface area contributed by atoms with Crippen LogP contribution in [-0.2, 0) is 0 Å². The first-order valence-electron chi connectivity index (χ1n) is 5.60. The normalized spacial score (nSPS) is 12.5. The van der Waals surface area contributed by atoms with E-state index in [0.29, 0.717) is 10.0 Å². The smallest absolute Gasteiger partial charge is 0.148 e. The summed E-state index contributed by atoms with van der Waals surface area (Å²) in [5.74, 6) is -0.812. The molecule has 0 fully saturated rings. The van der Waals surface area contributed by atoms with Crippen molar-refractivity contribution in [3.8, 4) is 0 Å². The highest BCUT2D eigenvalue weighted by atomic mass is 79.9. The second kappa shape index (κ2) is 5.99. The summed E-state index contributed by atoms with van der Waals surface area (Å²) in [5, 5.41) is 3.05. The Hall–Kier alpha value is -0.970. The third-order valence-electron chi connectivity index (χ3n) is 2.87. The molecule has 0 saturated carbocycles. The van der Waals surface area contributed by atoms with E-state index in [1.165, 1.54) is 12.1 Å². The van der Waals surface area contributed by atoms with E-state index < -0.39 is 5.82 Å². The zero-order chi connectivity index (χ0) is 14.0. The van der Waals surface area contributed by atoms with Crippen molar-refractivity contribution in [1.29, 1.82) is 0 Å². The number of rotatable bonds is 3. The predicted molar refractivity (Wildman–Crippen MR) is 76.4 cm³/mol. The van der Waals surface area contributed by atoms with Gasteiger partial charge in [0.05, 0.1) is 11.1 Å². The molecule has 0 bridgehead atoms. The molecule has 2 rings (SSSR count). The Balaban J connectivity index is 2.48. The zero-order valence-corrected chi connectivity index (χ0v) is 12.4. The van der Waals surface area contributed by atoms with Gasteiger partial charge in [-0.15, -0.1) is 0 Å². The van der Waals surface area contributed by atoms with Crippen molar-refractivity contribution in [2.45, 2.75) is 6.04 Å². The van der Waals surface area contributed by atoms with Crippen molar-refractivity contribution < 1.29 is 8.78 Å². The summed E-state index contributed by atoms with van der Waals surface area (Å²) in [7, 11) is 1.71. The van der Waals surface area contributed by atoms with Crippen LogP contribution in [0.3, 0.4) is 0 Å². The van der Waals surface area contributed by atoms with Crippen LogP contribution < -0.4 is 5.32 Å². The van der Waals surface area contributed by atoms with Gasteiger partial charge in [0.2, 0.25) is 0 Å². The van der Waals surface area contributed by atoms with Crippen LogP contribution in [0, 0.1) is 11.6 Å². The average Bonchev–Trinajstić information content (AvgIpc) is 2.41. The largest absolute Gasteiger partial charge is 0.309 e. The number of benzene rings is 2. The van der Waals surface area contributed by atoms with Crippen LogP contribution in [0.25, 0.3) is 0 Å². The Bertz CT molecular complexity index is 587. The van der Waals surface area contributed by atoms with Crippen LogP contribution in [-0.4, -0.2) is 7.05 Å². The number of nitrogens with one attached hydrogen (secondary N) is 1. The first-order valence-corrected chi connectivity index (χ1v) is 6.77. The monoisotopic (exact) mass is 345 g/mol. The summed E-state index contributed by atoms with van der Waals surface area (Å²) in [6, 6.07) is 8.88. The van der Waals surface area contributed by atoms with Crippen LogP contribution in [0.5, 0.6) is 0 Å². The van der Waals surface area contributed by atoms with E-state index in [0.717, 1.165) is 5.56 Å². The van der Waals surface area contributed by atoms with Crippen molar-refractivity contribution in [2.75, 3.05) is 7.05 Å². The van der Waals surface area contributed by atoms with Gasteiger partial charge >= 0.3 is 0 Å². The topological polar surface area (TPSA) is 12.0 Å². The molecule has 0 aromatic heterocycles. The van der Waals surface area contributed by atoms with Crippen LogP contribution in [0.4, 0.5) is 8.78 Å². The van der Waals surface area contributed by atoms with Gasteiger partial charge in [0, 0.05) is 10.0 Å². The molecule has 2 aromatic rings. The highest BCUT2D eigenvalue weighted by Gasteiger charge is 2.19. The summed E-state index contributed by atoms with van der Waals surface area (Å²) in [6.45, 7) is 0. The third-order valence-corrected chi connectivity index (χ3v) is 4.13. The summed E-state index contributed by atoms with van der Waals surface area (Å²) in [5.41, 5.74) is 1.18. The molecule has 1 atom stereocenters. The van der Waals surface area contributed by atoms with Crippen LogP contribution in [0.15, 0.2) is 40.9 Å². The maximum Gasteiger partial charge on any atom is 0.148 e.